The fourth-order valence-corrected chi connectivity index (χ4v) is 3.28. The van der Waals surface area contributed by atoms with Gasteiger partial charge in [0.2, 0.25) is 0 Å². The molecule has 2 saturated heterocycles. The van der Waals surface area contributed by atoms with Crippen molar-refractivity contribution >= 4 is 5.82 Å². The van der Waals surface area contributed by atoms with Gasteiger partial charge in [-0.3, -0.25) is 4.98 Å². The molecule has 2 aliphatic heterocycles. The largest absolute Gasteiger partial charge is 0.486 e. The molecule has 0 amide bonds. The van der Waals surface area contributed by atoms with Gasteiger partial charge < -0.3 is 14.4 Å². The van der Waals surface area contributed by atoms with Crippen molar-refractivity contribution in [2.75, 3.05) is 24.6 Å². The molecule has 2 aromatic rings. The minimum absolute atomic E-state index is 0.0922. The molecule has 2 aliphatic rings. The summed E-state index contributed by atoms with van der Waals surface area (Å²) in [5.41, 5.74) is -0.113. The molecule has 2 aromatic heterocycles. The van der Waals surface area contributed by atoms with E-state index in [2.05, 4.69) is 19.9 Å². The highest BCUT2D eigenvalue weighted by Gasteiger charge is 2.46. The molecular weight excluding hydrogens is 280 g/mol. The SMILES string of the molecule is c1cncc(O[C@@H]2CO[C@@]3(CCN(c4ccncn4)C3)C2)c1. The second-order valence-electron chi connectivity index (χ2n) is 5.87. The van der Waals surface area contributed by atoms with E-state index in [0.717, 1.165) is 37.5 Å². The third kappa shape index (κ3) is 2.62. The highest BCUT2D eigenvalue weighted by atomic mass is 16.6. The predicted octanol–water partition coefficient (Wildman–Crippen LogP) is 1.69. The number of aromatic nitrogens is 3. The first-order valence-electron chi connectivity index (χ1n) is 7.55. The van der Waals surface area contributed by atoms with Gasteiger partial charge in [0.15, 0.2) is 0 Å². The van der Waals surface area contributed by atoms with Crippen molar-refractivity contribution in [3.8, 4) is 5.75 Å². The lowest BCUT2D eigenvalue weighted by Crippen LogP contribution is -2.33. The van der Waals surface area contributed by atoms with Crippen LogP contribution in [0.4, 0.5) is 5.82 Å². The van der Waals surface area contributed by atoms with Crippen molar-refractivity contribution in [3.05, 3.63) is 43.1 Å². The second-order valence-corrected chi connectivity index (χ2v) is 5.87. The summed E-state index contributed by atoms with van der Waals surface area (Å²) in [7, 11) is 0. The summed E-state index contributed by atoms with van der Waals surface area (Å²) in [6.45, 7) is 2.44. The maximum atomic E-state index is 6.11. The molecule has 6 nitrogen and oxygen atoms in total. The fourth-order valence-electron chi connectivity index (χ4n) is 3.28. The summed E-state index contributed by atoms with van der Waals surface area (Å²) in [5.74, 6) is 1.77. The van der Waals surface area contributed by atoms with Gasteiger partial charge in [0.05, 0.1) is 18.4 Å². The monoisotopic (exact) mass is 298 g/mol. The molecule has 2 atom stereocenters. The smallest absolute Gasteiger partial charge is 0.138 e. The van der Waals surface area contributed by atoms with Crippen LogP contribution in [0, 0.1) is 0 Å². The van der Waals surface area contributed by atoms with Crippen LogP contribution in [0.25, 0.3) is 0 Å². The lowest BCUT2D eigenvalue weighted by Gasteiger charge is -2.23. The predicted molar refractivity (Wildman–Crippen MR) is 80.8 cm³/mol. The van der Waals surface area contributed by atoms with Gasteiger partial charge in [-0.15, -0.1) is 0 Å². The third-order valence-electron chi connectivity index (χ3n) is 4.32. The molecule has 0 bridgehead atoms. The molecule has 0 unspecified atom stereocenters. The number of pyridine rings is 1. The molecular formula is C16H18N4O2. The Morgan fingerprint density at radius 3 is 3.09 bits per heavy atom. The number of ether oxygens (including phenoxy) is 2. The maximum absolute atomic E-state index is 6.11. The summed E-state index contributed by atoms with van der Waals surface area (Å²) in [6, 6.07) is 5.75. The van der Waals surface area contributed by atoms with Crippen LogP contribution in [0.15, 0.2) is 43.1 Å². The van der Waals surface area contributed by atoms with Crippen molar-refractivity contribution in [3.63, 3.8) is 0 Å². The van der Waals surface area contributed by atoms with E-state index in [0.29, 0.717) is 6.61 Å². The van der Waals surface area contributed by atoms with Crippen LogP contribution in [0.3, 0.4) is 0 Å². The van der Waals surface area contributed by atoms with Crippen LogP contribution in [0.5, 0.6) is 5.75 Å². The van der Waals surface area contributed by atoms with Crippen LogP contribution in [-0.4, -0.2) is 46.4 Å². The molecule has 4 heterocycles. The maximum Gasteiger partial charge on any atom is 0.138 e. The minimum Gasteiger partial charge on any atom is -0.486 e. The van der Waals surface area contributed by atoms with E-state index in [1.807, 2.05) is 18.2 Å². The zero-order valence-corrected chi connectivity index (χ0v) is 12.3. The van der Waals surface area contributed by atoms with Gasteiger partial charge in [0.25, 0.3) is 0 Å². The van der Waals surface area contributed by atoms with E-state index in [1.54, 1.807) is 24.9 Å². The van der Waals surface area contributed by atoms with Gasteiger partial charge in [-0.1, -0.05) is 0 Å². The topological polar surface area (TPSA) is 60.4 Å². The summed E-state index contributed by atoms with van der Waals surface area (Å²) >= 11 is 0. The van der Waals surface area contributed by atoms with E-state index in [1.165, 1.54) is 0 Å². The van der Waals surface area contributed by atoms with E-state index in [4.69, 9.17) is 9.47 Å². The zero-order chi connectivity index (χ0) is 14.8. The highest BCUT2D eigenvalue weighted by molar-refractivity contribution is 5.39. The average molecular weight is 298 g/mol. The van der Waals surface area contributed by atoms with Gasteiger partial charge in [0, 0.05) is 31.9 Å². The number of nitrogens with zero attached hydrogens (tertiary/aromatic N) is 4. The third-order valence-corrected chi connectivity index (χ3v) is 4.32. The first-order chi connectivity index (χ1) is 10.8. The van der Waals surface area contributed by atoms with Gasteiger partial charge in [0.1, 0.15) is 24.0 Å². The highest BCUT2D eigenvalue weighted by Crippen LogP contribution is 2.37. The summed E-state index contributed by atoms with van der Waals surface area (Å²) in [5, 5.41) is 0. The number of anilines is 1. The van der Waals surface area contributed by atoms with E-state index in [-0.39, 0.29) is 11.7 Å². The molecule has 0 aromatic carbocycles. The van der Waals surface area contributed by atoms with Gasteiger partial charge in [-0.25, -0.2) is 9.97 Å². The number of hydrogen-bond acceptors (Lipinski definition) is 6. The van der Waals surface area contributed by atoms with Crippen LogP contribution in [0.2, 0.25) is 0 Å². The van der Waals surface area contributed by atoms with Gasteiger partial charge in [-0.05, 0) is 24.6 Å². The van der Waals surface area contributed by atoms with Crippen LogP contribution >= 0.6 is 0 Å². The molecule has 22 heavy (non-hydrogen) atoms. The molecule has 0 saturated carbocycles. The van der Waals surface area contributed by atoms with Crippen molar-refractivity contribution in [1.29, 1.82) is 0 Å². The molecule has 6 heteroatoms. The zero-order valence-electron chi connectivity index (χ0n) is 12.3. The molecule has 0 aliphatic carbocycles. The molecule has 2 fully saturated rings. The van der Waals surface area contributed by atoms with Crippen LogP contribution < -0.4 is 9.64 Å². The van der Waals surface area contributed by atoms with Gasteiger partial charge in [-0.2, -0.15) is 0 Å². The molecule has 0 N–H and O–H groups in total. The van der Waals surface area contributed by atoms with E-state index >= 15 is 0 Å². The summed E-state index contributed by atoms with van der Waals surface area (Å²) in [6.07, 6.45) is 8.85. The Labute approximate surface area is 129 Å². The van der Waals surface area contributed by atoms with Crippen molar-refractivity contribution < 1.29 is 9.47 Å². The number of rotatable bonds is 3. The lowest BCUT2D eigenvalue weighted by atomic mass is 9.98. The average Bonchev–Trinajstić information content (AvgIpc) is 3.17. The normalized spacial score (nSPS) is 27.5. The Morgan fingerprint density at radius 1 is 1.27 bits per heavy atom. The van der Waals surface area contributed by atoms with Crippen LogP contribution in [-0.2, 0) is 4.74 Å². The molecule has 4 rings (SSSR count). The van der Waals surface area contributed by atoms with Gasteiger partial charge >= 0.3 is 0 Å². The Hall–Kier alpha value is -2.21. The quantitative estimate of drug-likeness (QED) is 0.859. The second kappa shape index (κ2) is 5.53. The molecule has 0 radical (unpaired) electrons. The Morgan fingerprint density at radius 2 is 2.27 bits per heavy atom. The number of hydrogen-bond donors (Lipinski definition) is 0. The standard InChI is InChI=1S/C16H18N4O2/c1-2-13(9-17-5-1)22-14-8-16(21-10-14)4-7-20(11-16)15-3-6-18-12-19-15/h1-3,5-6,9,12,14H,4,7-8,10-11H2/t14-,16-/m0/s1. The first-order valence-corrected chi connectivity index (χ1v) is 7.55. The Balaban J connectivity index is 1.40. The van der Waals surface area contributed by atoms with Crippen molar-refractivity contribution in [2.24, 2.45) is 0 Å². The Kier molecular flexibility index (Phi) is 3.38. The molecule has 114 valence electrons. The van der Waals surface area contributed by atoms with E-state index in [9.17, 15) is 0 Å². The van der Waals surface area contributed by atoms with Crippen LogP contribution in [0.1, 0.15) is 12.8 Å². The fraction of sp³-hybridized carbons (Fsp3) is 0.438. The molecule has 1 spiro atoms. The first kappa shape index (κ1) is 13.5. The Bertz CT molecular complexity index is 625. The summed E-state index contributed by atoms with van der Waals surface area (Å²) < 4.78 is 12.1. The van der Waals surface area contributed by atoms with E-state index < -0.39 is 0 Å². The van der Waals surface area contributed by atoms with Crippen molar-refractivity contribution in [2.45, 2.75) is 24.5 Å². The summed E-state index contributed by atoms with van der Waals surface area (Å²) in [4.78, 5) is 14.6. The minimum atomic E-state index is -0.113. The lowest BCUT2D eigenvalue weighted by molar-refractivity contribution is 0.0195. The van der Waals surface area contributed by atoms with Crippen molar-refractivity contribution in [1.82, 2.24) is 15.0 Å².